The number of aromatic amines is 1. The van der Waals surface area contributed by atoms with Crippen molar-refractivity contribution in [2.45, 2.75) is 25.2 Å². The highest BCUT2D eigenvalue weighted by atomic mass is 32.2. The number of anilines is 1. The Morgan fingerprint density at radius 3 is 2.79 bits per heavy atom. The van der Waals surface area contributed by atoms with Crippen molar-refractivity contribution < 1.29 is 8.42 Å². The van der Waals surface area contributed by atoms with Crippen LogP contribution in [0.5, 0.6) is 0 Å². The summed E-state index contributed by atoms with van der Waals surface area (Å²) in [5.41, 5.74) is 6.16. The predicted octanol–water partition coefficient (Wildman–Crippen LogP) is 3.98. The number of aromatic nitrogens is 3. The number of nitrogens with one attached hydrogen (secondary N) is 2. The summed E-state index contributed by atoms with van der Waals surface area (Å²) in [4.78, 5) is 3.30. The van der Waals surface area contributed by atoms with Gasteiger partial charge in [-0.3, -0.25) is 4.72 Å². The highest BCUT2D eigenvalue weighted by Gasteiger charge is 2.38. The Labute approximate surface area is 169 Å². The van der Waals surface area contributed by atoms with E-state index >= 15 is 0 Å². The highest BCUT2D eigenvalue weighted by Crippen LogP contribution is 2.47. The number of hydrogen-bond donors (Lipinski definition) is 2. The molecule has 0 spiro atoms. The third-order valence-corrected chi connectivity index (χ3v) is 6.54. The lowest BCUT2D eigenvalue weighted by Crippen LogP contribution is -2.19. The summed E-state index contributed by atoms with van der Waals surface area (Å²) in [5, 5.41) is 5.38. The zero-order valence-electron chi connectivity index (χ0n) is 16.3. The molecule has 0 bridgehead atoms. The molecule has 0 radical (unpaired) electrons. The van der Waals surface area contributed by atoms with E-state index in [9.17, 15) is 8.42 Å². The van der Waals surface area contributed by atoms with Gasteiger partial charge in [0.1, 0.15) is 0 Å². The molecule has 0 aliphatic heterocycles. The maximum absolute atomic E-state index is 11.7. The molecule has 0 saturated heterocycles. The number of aryl methyl sites for hydroxylation is 1. The molecule has 0 fully saturated rings. The van der Waals surface area contributed by atoms with Gasteiger partial charge in [-0.1, -0.05) is 25.1 Å². The summed E-state index contributed by atoms with van der Waals surface area (Å²) < 4.78 is 28.0. The zero-order valence-corrected chi connectivity index (χ0v) is 17.1. The average molecular weight is 407 g/mol. The summed E-state index contributed by atoms with van der Waals surface area (Å²) in [6.45, 7) is 2.27. The van der Waals surface area contributed by atoms with Gasteiger partial charge in [0, 0.05) is 29.4 Å². The van der Waals surface area contributed by atoms with Crippen molar-refractivity contribution in [3.8, 4) is 5.69 Å². The Kier molecular flexibility index (Phi) is 3.86. The van der Waals surface area contributed by atoms with Crippen LogP contribution in [0, 0.1) is 0 Å². The van der Waals surface area contributed by atoms with Crippen molar-refractivity contribution in [2.24, 2.45) is 0 Å². The van der Waals surface area contributed by atoms with Gasteiger partial charge in [0.2, 0.25) is 10.0 Å². The molecule has 1 aliphatic rings. The molecular weight excluding hydrogens is 384 g/mol. The number of rotatable bonds is 4. The van der Waals surface area contributed by atoms with Crippen molar-refractivity contribution in [2.75, 3.05) is 11.0 Å². The van der Waals surface area contributed by atoms with Gasteiger partial charge in [0.05, 0.1) is 23.1 Å². The van der Waals surface area contributed by atoms with E-state index in [1.807, 2.05) is 29.2 Å². The summed E-state index contributed by atoms with van der Waals surface area (Å²) in [6, 6.07) is 14.2. The first-order valence-corrected chi connectivity index (χ1v) is 11.5. The van der Waals surface area contributed by atoms with Crippen LogP contribution in [-0.2, 0) is 21.9 Å². The predicted molar refractivity (Wildman–Crippen MR) is 115 cm³/mol. The maximum atomic E-state index is 11.7. The van der Waals surface area contributed by atoms with E-state index in [1.165, 1.54) is 22.9 Å². The summed E-state index contributed by atoms with van der Waals surface area (Å²) in [6.07, 6.45) is 8.92. The fourth-order valence-corrected chi connectivity index (χ4v) is 5.15. The molecule has 1 unspecified atom stereocenters. The quantitative estimate of drug-likeness (QED) is 0.538. The number of sulfonamides is 1. The minimum atomic E-state index is -3.35. The van der Waals surface area contributed by atoms with Crippen LogP contribution in [0.3, 0.4) is 0 Å². The molecule has 148 valence electrons. The number of para-hydroxylation sites is 1. The van der Waals surface area contributed by atoms with Gasteiger partial charge in [-0.05, 0) is 53.8 Å². The highest BCUT2D eigenvalue weighted by molar-refractivity contribution is 7.92. The van der Waals surface area contributed by atoms with Gasteiger partial charge >= 0.3 is 0 Å². The van der Waals surface area contributed by atoms with Crippen molar-refractivity contribution in [3.05, 3.63) is 77.7 Å². The third kappa shape index (κ3) is 2.93. The molecule has 1 atom stereocenters. The molecule has 2 aromatic carbocycles. The van der Waals surface area contributed by atoms with E-state index in [0.717, 1.165) is 29.4 Å². The van der Waals surface area contributed by atoms with Crippen molar-refractivity contribution in [3.63, 3.8) is 0 Å². The Bertz CT molecular complexity index is 1320. The second kappa shape index (κ2) is 6.22. The van der Waals surface area contributed by atoms with Crippen molar-refractivity contribution in [1.82, 2.24) is 14.8 Å². The molecule has 4 aromatic rings. The second-order valence-electron chi connectivity index (χ2n) is 7.93. The van der Waals surface area contributed by atoms with E-state index in [-0.39, 0.29) is 5.41 Å². The molecule has 1 aliphatic carbocycles. The number of fused-ring (bicyclic) bond motifs is 2. The van der Waals surface area contributed by atoms with Gasteiger partial charge in [0.15, 0.2) is 0 Å². The van der Waals surface area contributed by atoms with Gasteiger partial charge < -0.3 is 4.98 Å². The van der Waals surface area contributed by atoms with E-state index in [4.69, 9.17) is 0 Å². The molecule has 29 heavy (non-hydrogen) atoms. The average Bonchev–Trinajstić information content (AvgIpc) is 3.40. The second-order valence-corrected chi connectivity index (χ2v) is 9.68. The van der Waals surface area contributed by atoms with Crippen LogP contribution in [0.25, 0.3) is 16.6 Å². The van der Waals surface area contributed by atoms with Crippen LogP contribution in [0.2, 0.25) is 0 Å². The van der Waals surface area contributed by atoms with Crippen LogP contribution >= 0.6 is 0 Å². The first-order chi connectivity index (χ1) is 13.9. The lowest BCUT2D eigenvalue weighted by Gasteiger charge is -2.26. The molecule has 2 N–H and O–H groups in total. The van der Waals surface area contributed by atoms with Crippen LogP contribution < -0.4 is 4.72 Å². The lowest BCUT2D eigenvalue weighted by atomic mass is 9.77. The molecule has 0 amide bonds. The standard InChI is InChI=1S/C22H22N4O2S/c1-22(10-9-15-13-16(7-8-18(15)22)26-12-4-11-24-26)19-14-23-21-17(19)5-3-6-20(21)25-29(2,27)28/h3-8,11-14,23,25H,9-10H2,1-2H3. The van der Waals surface area contributed by atoms with Crippen LogP contribution in [0.1, 0.15) is 30.0 Å². The fourth-order valence-electron chi connectivity index (χ4n) is 4.58. The van der Waals surface area contributed by atoms with Gasteiger partial charge in [0.25, 0.3) is 0 Å². The molecule has 6 nitrogen and oxygen atoms in total. The number of benzene rings is 2. The molecule has 5 rings (SSSR count). The topological polar surface area (TPSA) is 79.8 Å². The van der Waals surface area contributed by atoms with Gasteiger partial charge in [-0.15, -0.1) is 0 Å². The largest absolute Gasteiger partial charge is 0.359 e. The number of H-pyrrole nitrogens is 1. The lowest BCUT2D eigenvalue weighted by molar-refractivity contribution is 0.571. The van der Waals surface area contributed by atoms with Gasteiger partial charge in [-0.2, -0.15) is 5.10 Å². The van der Waals surface area contributed by atoms with Crippen LogP contribution in [0.4, 0.5) is 5.69 Å². The molecule has 2 aromatic heterocycles. The molecule has 0 saturated carbocycles. The van der Waals surface area contributed by atoms with Crippen molar-refractivity contribution >= 4 is 26.6 Å². The minimum absolute atomic E-state index is 0.139. The molecular formula is C22H22N4O2S. The van der Waals surface area contributed by atoms with Crippen molar-refractivity contribution in [1.29, 1.82) is 0 Å². The Hall–Kier alpha value is -3.06. The third-order valence-electron chi connectivity index (χ3n) is 5.95. The van der Waals surface area contributed by atoms with Crippen LogP contribution in [0.15, 0.2) is 61.1 Å². The Morgan fingerprint density at radius 1 is 1.17 bits per heavy atom. The molecule has 2 heterocycles. The number of hydrogen-bond acceptors (Lipinski definition) is 3. The van der Waals surface area contributed by atoms with E-state index in [2.05, 4.69) is 46.0 Å². The Balaban J connectivity index is 1.61. The SMILES string of the molecule is CC1(c2c[nH]c3c(NS(C)(=O)=O)cccc23)CCc2cc(-n3cccn3)ccc21. The summed E-state index contributed by atoms with van der Waals surface area (Å²) in [5.74, 6) is 0. The zero-order chi connectivity index (χ0) is 20.2. The van der Waals surface area contributed by atoms with Gasteiger partial charge in [-0.25, -0.2) is 13.1 Å². The van der Waals surface area contributed by atoms with E-state index < -0.39 is 10.0 Å². The first kappa shape index (κ1) is 18.0. The summed E-state index contributed by atoms with van der Waals surface area (Å²) in [7, 11) is -3.35. The summed E-state index contributed by atoms with van der Waals surface area (Å²) >= 11 is 0. The molecule has 7 heteroatoms. The Morgan fingerprint density at radius 2 is 2.03 bits per heavy atom. The normalized spacial score (nSPS) is 18.8. The van der Waals surface area contributed by atoms with E-state index in [0.29, 0.717) is 5.69 Å². The monoisotopic (exact) mass is 406 g/mol. The number of nitrogens with zero attached hydrogens (tertiary/aromatic N) is 2. The fraction of sp³-hybridized carbons (Fsp3) is 0.227. The smallest absolute Gasteiger partial charge is 0.229 e. The maximum Gasteiger partial charge on any atom is 0.229 e. The van der Waals surface area contributed by atoms with Crippen LogP contribution in [-0.4, -0.2) is 29.4 Å². The minimum Gasteiger partial charge on any atom is -0.359 e. The van der Waals surface area contributed by atoms with E-state index in [1.54, 1.807) is 12.3 Å². The first-order valence-electron chi connectivity index (χ1n) is 9.57.